The van der Waals surface area contributed by atoms with Crippen LogP contribution in [0, 0.1) is 0 Å². The van der Waals surface area contributed by atoms with Crippen molar-refractivity contribution in [3.8, 4) is 0 Å². The molecule has 0 bridgehead atoms. The normalized spacial score (nSPS) is 13.4. The van der Waals surface area contributed by atoms with Crippen molar-refractivity contribution in [3.63, 3.8) is 0 Å². The van der Waals surface area contributed by atoms with Crippen molar-refractivity contribution < 1.29 is 0 Å². The Morgan fingerprint density at radius 2 is 1.53 bits per heavy atom. The maximum Gasteiger partial charge on any atom is 0.332 e. The van der Waals surface area contributed by atoms with Crippen LogP contribution >= 0.6 is 23.2 Å². The Bertz CT molecular complexity index is 1500. The molecule has 0 saturated heterocycles. The number of halogens is 2. The number of hydrogen-bond donors (Lipinski definition) is 0. The van der Waals surface area contributed by atoms with Gasteiger partial charge < -0.3 is 0 Å². The molecule has 1 aliphatic rings. The van der Waals surface area contributed by atoms with Crippen LogP contribution in [0.4, 0.5) is 5.95 Å². The highest BCUT2D eigenvalue weighted by Crippen LogP contribution is 2.27. The SMILES string of the molecule is Cn1c(=O)c2c(nc3n2CC(c2ccc(Cl)cc2)=NN3Cc2ccc(Cl)cc2)n(C)c1=O. The number of aromatic nitrogens is 4. The smallest absolute Gasteiger partial charge is 0.297 e. The lowest BCUT2D eigenvalue weighted by Crippen LogP contribution is -2.38. The predicted molar refractivity (Wildman–Crippen MR) is 126 cm³/mol. The predicted octanol–water partition coefficient (Wildman–Crippen LogP) is 3.17. The van der Waals surface area contributed by atoms with Gasteiger partial charge >= 0.3 is 5.69 Å². The van der Waals surface area contributed by atoms with Gasteiger partial charge in [0.05, 0.1) is 18.8 Å². The average Bonchev–Trinajstić information content (AvgIpc) is 3.18. The maximum absolute atomic E-state index is 13.0. The molecule has 0 atom stereocenters. The molecule has 32 heavy (non-hydrogen) atoms. The van der Waals surface area contributed by atoms with E-state index in [1.807, 2.05) is 41.0 Å². The molecule has 1 aliphatic heterocycles. The second-order valence-electron chi connectivity index (χ2n) is 7.61. The zero-order valence-corrected chi connectivity index (χ0v) is 18.8. The molecule has 0 spiro atoms. The van der Waals surface area contributed by atoms with Crippen molar-refractivity contribution in [2.75, 3.05) is 5.01 Å². The fraction of sp³-hybridized carbons (Fsp3) is 0.182. The Morgan fingerprint density at radius 3 is 2.19 bits per heavy atom. The Kier molecular flexibility index (Phi) is 4.91. The molecule has 0 aliphatic carbocycles. The van der Waals surface area contributed by atoms with Gasteiger partial charge in [-0.25, -0.2) is 9.80 Å². The quantitative estimate of drug-likeness (QED) is 0.462. The Labute approximate surface area is 192 Å². The highest BCUT2D eigenvalue weighted by Gasteiger charge is 2.28. The van der Waals surface area contributed by atoms with Gasteiger partial charge in [0, 0.05) is 24.1 Å². The highest BCUT2D eigenvalue weighted by molar-refractivity contribution is 6.30. The average molecular weight is 469 g/mol. The first kappa shape index (κ1) is 20.5. The van der Waals surface area contributed by atoms with Gasteiger partial charge in [0.15, 0.2) is 11.2 Å². The van der Waals surface area contributed by atoms with E-state index in [0.717, 1.165) is 21.4 Å². The minimum absolute atomic E-state index is 0.321. The minimum Gasteiger partial charge on any atom is -0.297 e. The molecule has 0 amide bonds. The van der Waals surface area contributed by atoms with Gasteiger partial charge in [0.1, 0.15) is 0 Å². The highest BCUT2D eigenvalue weighted by atomic mass is 35.5. The molecule has 4 aromatic rings. The number of rotatable bonds is 3. The van der Waals surface area contributed by atoms with E-state index in [4.69, 9.17) is 28.3 Å². The number of imidazole rings is 1. The van der Waals surface area contributed by atoms with Crippen LogP contribution in [0.3, 0.4) is 0 Å². The Morgan fingerprint density at radius 1 is 0.906 bits per heavy atom. The molecular weight excluding hydrogens is 451 g/mol. The molecule has 0 N–H and O–H groups in total. The lowest BCUT2D eigenvalue weighted by atomic mass is 10.1. The van der Waals surface area contributed by atoms with E-state index in [9.17, 15) is 9.59 Å². The van der Waals surface area contributed by atoms with Gasteiger partial charge in [-0.2, -0.15) is 10.1 Å². The van der Waals surface area contributed by atoms with E-state index in [2.05, 4.69) is 4.98 Å². The van der Waals surface area contributed by atoms with Gasteiger partial charge in [-0.3, -0.25) is 18.5 Å². The van der Waals surface area contributed by atoms with E-state index in [0.29, 0.717) is 40.2 Å². The number of hydrazone groups is 1. The fourth-order valence-corrected chi connectivity index (χ4v) is 4.07. The number of benzene rings is 2. The van der Waals surface area contributed by atoms with Crippen molar-refractivity contribution in [3.05, 3.63) is 90.5 Å². The lowest BCUT2D eigenvalue weighted by Gasteiger charge is -2.26. The number of fused-ring (bicyclic) bond motifs is 3. The third-order valence-electron chi connectivity index (χ3n) is 5.53. The standard InChI is InChI=1S/C22H18Cl2N6O2/c1-27-19-18(20(31)28(2)22(27)32)29-12-17(14-5-9-16(24)10-6-14)26-30(21(29)25-19)11-13-3-7-15(23)8-4-13/h3-10H,11-12H2,1-2H3. The second kappa shape index (κ2) is 7.65. The first-order chi connectivity index (χ1) is 15.3. The molecule has 162 valence electrons. The van der Waals surface area contributed by atoms with Crippen LogP contribution in [0.25, 0.3) is 11.2 Å². The lowest BCUT2D eigenvalue weighted by molar-refractivity contribution is 0.699. The van der Waals surface area contributed by atoms with E-state index in [1.54, 1.807) is 24.2 Å². The summed E-state index contributed by atoms with van der Waals surface area (Å²) < 4.78 is 4.28. The third-order valence-corrected chi connectivity index (χ3v) is 6.03. The summed E-state index contributed by atoms with van der Waals surface area (Å²) in [4.78, 5) is 30.1. The molecule has 0 fully saturated rings. The summed E-state index contributed by atoms with van der Waals surface area (Å²) in [5, 5.41) is 7.84. The second-order valence-corrected chi connectivity index (χ2v) is 8.49. The van der Waals surface area contributed by atoms with Crippen LogP contribution in [-0.4, -0.2) is 24.4 Å². The minimum atomic E-state index is -0.430. The summed E-state index contributed by atoms with van der Waals surface area (Å²) in [7, 11) is 3.07. The molecular formula is C22H18Cl2N6O2. The topological polar surface area (TPSA) is 77.4 Å². The molecule has 2 aromatic heterocycles. The summed E-state index contributed by atoms with van der Waals surface area (Å²) >= 11 is 12.1. The zero-order valence-electron chi connectivity index (χ0n) is 17.3. The maximum atomic E-state index is 13.0. The molecule has 2 aromatic carbocycles. The summed E-state index contributed by atoms with van der Waals surface area (Å²) in [6, 6.07) is 14.8. The van der Waals surface area contributed by atoms with Crippen molar-refractivity contribution in [2.45, 2.75) is 13.1 Å². The summed E-state index contributed by atoms with van der Waals surface area (Å²) in [6.07, 6.45) is 0. The number of aryl methyl sites for hydroxylation is 1. The number of hydrogen-bond acceptors (Lipinski definition) is 5. The molecule has 5 rings (SSSR count). The van der Waals surface area contributed by atoms with Crippen molar-refractivity contribution in [2.24, 2.45) is 19.2 Å². The molecule has 3 heterocycles. The number of anilines is 1. The van der Waals surface area contributed by atoms with E-state index < -0.39 is 11.2 Å². The summed E-state index contributed by atoms with van der Waals surface area (Å²) in [5.41, 5.74) is 2.44. The first-order valence-electron chi connectivity index (χ1n) is 9.85. The Hall–Kier alpha value is -3.36. The van der Waals surface area contributed by atoms with Crippen LogP contribution in [0.1, 0.15) is 11.1 Å². The molecule has 0 radical (unpaired) electrons. The van der Waals surface area contributed by atoms with Gasteiger partial charge in [0.2, 0.25) is 5.95 Å². The van der Waals surface area contributed by atoms with Crippen molar-refractivity contribution >= 4 is 46.0 Å². The molecule has 0 saturated carbocycles. The summed E-state index contributed by atoms with van der Waals surface area (Å²) in [5.74, 6) is 0.492. The number of nitrogens with zero attached hydrogens (tertiary/aromatic N) is 6. The van der Waals surface area contributed by atoms with Crippen LogP contribution in [0.5, 0.6) is 0 Å². The Balaban J connectivity index is 1.72. The van der Waals surface area contributed by atoms with Gasteiger partial charge in [0.25, 0.3) is 5.56 Å². The van der Waals surface area contributed by atoms with E-state index >= 15 is 0 Å². The fourth-order valence-electron chi connectivity index (χ4n) is 3.81. The van der Waals surface area contributed by atoms with Gasteiger partial charge in [-0.05, 0) is 35.4 Å². The van der Waals surface area contributed by atoms with Gasteiger partial charge in [-0.15, -0.1) is 0 Å². The summed E-state index contributed by atoms with van der Waals surface area (Å²) in [6.45, 7) is 0.740. The monoisotopic (exact) mass is 468 g/mol. The van der Waals surface area contributed by atoms with Crippen LogP contribution in [-0.2, 0) is 27.2 Å². The van der Waals surface area contributed by atoms with Gasteiger partial charge in [-0.1, -0.05) is 47.5 Å². The van der Waals surface area contributed by atoms with Crippen molar-refractivity contribution in [1.82, 2.24) is 18.7 Å². The van der Waals surface area contributed by atoms with Crippen molar-refractivity contribution in [1.29, 1.82) is 0 Å². The first-order valence-corrected chi connectivity index (χ1v) is 10.6. The zero-order chi connectivity index (χ0) is 22.6. The molecule has 0 unspecified atom stereocenters. The van der Waals surface area contributed by atoms with E-state index in [1.165, 1.54) is 11.6 Å². The molecule has 8 nitrogen and oxygen atoms in total. The largest absolute Gasteiger partial charge is 0.332 e. The van der Waals surface area contributed by atoms with Crippen LogP contribution in [0.15, 0.2) is 63.2 Å². The van der Waals surface area contributed by atoms with E-state index in [-0.39, 0.29) is 0 Å². The molecule has 10 heteroatoms. The third kappa shape index (κ3) is 3.32. The van der Waals surface area contributed by atoms with Crippen LogP contribution < -0.4 is 16.3 Å². The van der Waals surface area contributed by atoms with Crippen LogP contribution in [0.2, 0.25) is 10.0 Å².